The lowest BCUT2D eigenvalue weighted by Crippen LogP contribution is -2.32. The summed E-state index contributed by atoms with van der Waals surface area (Å²) in [6, 6.07) is 0.199. The molecular weight excluding hydrogens is 218 g/mol. The second-order valence-electron chi connectivity index (χ2n) is 4.67. The maximum atomic E-state index is 11.8. The van der Waals surface area contributed by atoms with Gasteiger partial charge >= 0.3 is 0 Å². The molecule has 2 atom stereocenters. The molecule has 0 aliphatic heterocycles. The number of hydrogen-bond acceptors (Lipinski definition) is 4. The molecule has 2 rings (SSSR count). The zero-order chi connectivity index (χ0) is 12.3. The number of nitrogens with one attached hydrogen (secondary N) is 1. The number of rotatable bonds is 4. The molecule has 1 aliphatic carbocycles. The van der Waals surface area contributed by atoms with Crippen molar-refractivity contribution in [1.82, 2.24) is 20.1 Å². The van der Waals surface area contributed by atoms with Gasteiger partial charge in [-0.25, -0.2) is 0 Å². The minimum absolute atomic E-state index is 0.101. The Labute approximate surface area is 101 Å². The number of aryl methyl sites for hydroxylation is 1. The Morgan fingerprint density at radius 3 is 3.06 bits per heavy atom. The van der Waals surface area contributed by atoms with Crippen molar-refractivity contribution >= 4 is 5.91 Å². The van der Waals surface area contributed by atoms with Crippen LogP contribution in [0.3, 0.4) is 0 Å². The quantitative estimate of drug-likeness (QED) is 0.746. The zero-order valence-corrected chi connectivity index (χ0v) is 10.1. The number of carbonyl (C=O) groups is 1. The lowest BCUT2D eigenvalue weighted by atomic mass is 10.1. The molecule has 1 saturated carbocycles. The third kappa shape index (κ3) is 3.03. The predicted octanol–water partition coefficient (Wildman–Crippen LogP) is -0.399. The maximum Gasteiger partial charge on any atom is 0.223 e. The summed E-state index contributed by atoms with van der Waals surface area (Å²) in [7, 11) is 1.90. The van der Waals surface area contributed by atoms with Crippen LogP contribution >= 0.6 is 0 Å². The van der Waals surface area contributed by atoms with Gasteiger partial charge in [-0.05, 0) is 19.3 Å². The van der Waals surface area contributed by atoms with Gasteiger partial charge in [0.1, 0.15) is 12.2 Å². The molecule has 1 heterocycles. The molecule has 1 aromatic rings. The molecule has 0 bridgehead atoms. The molecule has 0 radical (unpaired) electrons. The zero-order valence-electron chi connectivity index (χ0n) is 10.1. The monoisotopic (exact) mass is 237 g/mol. The van der Waals surface area contributed by atoms with Gasteiger partial charge in [0.25, 0.3) is 0 Å². The fourth-order valence-electron chi connectivity index (χ4n) is 2.23. The molecule has 1 aliphatic rings. The average molecular weight is 237 g/mol. The highest BCUT2D eigenvalue weighted by molar-refractivity contribution is 5.78. The van der Waals surface area contributed by atoms with Crippen LogP contribution in [0.2, 0.25) is 0 Å². The van der Waals surface area contributed by atoms with Gasteiger partial charge in [-0.15, -0.1) is 10.2 Å². The highest BCUT2D eigenvalue weighted by Gasteiger charge is 2.27. The number of nitrogens with two attached hydrogens (primary N) is 1. The molecule has 3 N–H and O–H groups in total. The van der Waals surface area contributed by atoms with Gasteiger partial charge in [-0.2, -0.15) is 0 Å². The first-order chi connectivity index (χ1) is 8.16. The van der Waals surface area contributed by atoms with Gasteiger partial charge in [0, 0.05) is 32.0 Å². The molecule has 6 heteroatoms. The maximum absolute atomic E-state index is 11.8. The van der Waals surface area contributed by atoms with E-state index in [9.17, 15) is 4.79 Å². The number of aromatic nitrogens is 3. The van der Waals surface area contributed by atoms with Crippen molar-refractivity contribution in [2.75, 3.05) is 6.54 Å². The summed E-state index contributed by atoms with van der Waals surface area (Å²) in [5.74, 6) is 1.11. The SMILES string of the molecule is Cn1cnnc1CCNC(=O)C1CCC(N)C1. The van der Waals surface area contributed by atoms with E-state index < -0.39 is 0 Å². The van der Waals surface area contributed by atoms with Crippen molar-refractivity contribution in [3.05, 3.63) is 12.2 Å². The standard InChI is InChI=1S/C11H19N5O/c1-16-7-14-15-10(16)4-5-13-11(17)8-2-3-9(12)6-8/h7-9H,2-6,12H2,1H3,(H,13,17). The summed E-state index contributed by atoms with van der Waals surface area (Å²) in [4.78, 5) is 11.8. The fraction of sp³-hybridized carbons (Fsp3) is 0.727. The lowest BCUT2D eigenvalue weighted by Gasteiger charge is -2.10. The van der Waals surface area contributed by atoms with Crippen LogP contribution in [-0.2, 0) is 18.3 Å². The summed E-state index contributed by atoms with van der Waals surface area (Å²) in [6.45, 7) is 0.608. The number of amides is 1. The Bertz CT molecular complexity index is 389. The lowest BCUT2D eigenvalue weighted by molar-refractivity contribution is -0.124. The molecule has 17 heavy (non-hydrogen) atoms. The van der Waals surface area contributed by atoms with E-state index in [0.29, 0.717) is 13.0 Å². The van der Waals surface area contributed by atoms with Gasteiger partial charge in [0.15, 0.2) is 0 Å². The summed E-state index contributed by atoms with van der Waals surface area (Å²) in [5.41, 5.74) is 5.79. The van der Waals surface area contributed by atoms with Crippen LogP contribution in [0.4, 0.5) is 0 Å². The van der Waals surface area contributed by atoms with E-state index in [-0.39, 0.29) is 17.9 Å². The predicted molar refractivity (Wildman–Crippen MR) is 63.0 cm³/mol. The first kappa shape index (κ1) is 12.0. The van der Waals surface area contributed by atoms with Gasteiger partial charge in [-0.3, -0.25) is 4.79 Å². The van der Waals surface area contributed by atoms with Crippen LogP contribution in [0.15, 0.2) is 6.33 Å². The highest BCUT2D eigenvalue weighted by Crippen LogP contribution is 2.23. The molecule has 2 unspecified atom stereocenters. The van der Waals surface area contributed by atoms with E-state index in [0.717, 1.165) is 25.1 Å². The summed E-state index contributed by atoms with van der Waals surface area (Å²) in [6.07, 6.45) is 5.06. The van der Waals surface area contributed by atoms with E-state index in [2.05, 4.69) is 15.5 Å². The van der Waals surface area contributed by atoms with Crippen molar-refractivity contribution < 1.29 is 4.79 Å². The fourth-order valence-corrected chi connectivity index (χ4v) is 2.23. The topological polar surface area (TPSA) is 85.8 Å². The van der Waals surface area contributed by atoms with E-state index in [4.69, 9.17) is 5.73 Å². The van der Waals surface area contributed by atoms with Crippen LogP contribution in [0.1, 0.15) is 25.1 Å². The van der Waals surface area contributed by atoms with Gasteiger partial charge in [0.2, 0.25) is 5.91 Å². The molecule has 6 nitrogen and oxygen atoms in total. The number of carbonyl (C=O) groups excluding carboxylic acids is 1. The van der Waals surface area contributed by atoms with Crippen molar-refractivity contribution in [2.24, 2.45) is 18.7 Å². The normalized spacial score (nSPS) is 23.9. The molecular formula is C11H19N5O. The van der Waals surface area contributed by atoms with E-state index in [1.165, 1.54) is 0 Å². The molecule has 1 aromatic heterocycles. The first-order valence-electron chi connectivity index (χ1n) is 6.03. The van der Waals surface area contributed by atoms with Crippen LogP contribution < -0.4 is 11.1 Å². The third-order valence-electron chi connectivity index (χ3n) is 3.30. The minimum atomic E-state index is 0.101. The Balaban J connectivity index is 1.72. The van der Waals surface area contributed by atoms with E-state index >= 15 is 0 Å². The molecule has 0 saturated heterocycles. The third-order valence-corrected chi connectivity index (χ3v) is 3.30. The van der Waals surface area contributed by atoms with E-state index in [1.807, 2.05) is 11.6 Å². The largest absolute Gasteiger partial charge is 0.355 e. The molecule has 1 amide bonds. The van der Waals surface area contributed by atoms with Crippen molar-refractivity contribution in [3.8, 4) is 0 Å². The number of nitrogens with zero attached hydrogens (tertiary/aromatic N) is 3. The Kier molecular flexibility index (Phi) is 3.73. The minimum Gasteiger partial charge on any atom is -0.355 e. The van der Waals surface area contributed by atoms with Crippen LogP contribution in [-0.4, -0.2) is 33.3 Å². The van der Waals surface area contributed by atoms with Crippen LogP contribution in [0, 0.1) is 5.92 Å². The van der Waals surface area contributed by atoms with Gasteiger partial charge in [0.05, 0.1) is 0 Å². The molecule has 0 aromatic carbocycles. The van der Waals surface area contributed by atoms with Gasteiger partial charge < -0.3 is 15.6 Å². The summed E-state index contributed by atoms with van der Waals surface area (Å²) < 4.78 is 1.86. The average Bonchev–Trinajstić information content (AvgIpc) is 2.88. The molecule has 0 spiro atoms. The van der Waals surface area contributed by atoms with Crippen molar-refractivity contribution in [2.45, 2.75) is 31.7 Å². The molecule has 1 fully saturated rings. The second-order valence-corrected chi connectivity index (χ2v) is 4.67. The van der Waals surface area contributed by atoms with Crippen LogP contribution in [0.25, 0.3) is 0 Å². The Hall–Kier alpha value is -1.43. The smallest absolute Gasteiger partial charge is 0.223 e. The highest BCUT2D eigenvalue weighted by atomic mass is 16.1. The summed E-state index contributed by atoms with van der Waals surface area (Å²) >= 11 is 0. The first-order valence-corrected chi connectivity index (χ1v) is 6.03. The molecule has 94 valence electrons. The summed E-state index contributed by atoms with van der Waals surface area (Å²) in [5, 5.41) is 10.7. The second kappa shape index (κ2) is 5.27. The van der Waals surface area contributed by atoms with E-state index in [1.54, 1.807) is 6.33 Å². The number of hydrogen-bond donors (Lipinski definition) is 2. The van der Waals surface area contributed by atoms with Crippen molar-refractivity contribution in [1.29, 1.82) is 0 Å². The van der Waals surface area contributed by atoms with Crippen LogP contribution in [0.5, 0.6) is 0 Å². The van der Waals surface area contributed by atoms with Crippen molar-refractivity contribution in [3.63, 3.8) is 0 Å². The Morgan fingerprint density at radius 2 is 2.47 bits per heavy atom. The van der Waals surface area contributed by atoms with Gasteiger partial charge in [-0.1, -0.05) is 0 Å². The Morgan fingerprint density at radius 1 is 1.65 bits per heavy atom.